The molecule has 5 nitrogen and oxygen atoms in total. The topological polar surface area (TPSA) is 87.6 Å². The minimum absolute atomic E-state index is 0.167. The monoisotopic (exact) mass is 194 g/mol. The quantitative estimate of drug-likeness (QED) is 0.625. The summed E-state index contributed by atoms with van der Waals surface area (Å²) in [4.78, 5) is 20.4. The summed E-state index contributed by atoms with van der Waals surface area (Å²) < 4.78 is 0. The Morgan fingerprint density at radius 2 is 2.14 bits per heavy atom. The van der Waals surface area contributed by atoms with Crippen molar-refractivity contribution < 1.29 is 0 Å². The Hall–Kier alpha value is -1.62. The number of hydrogen-bond acceptors (Lipinski definition) is 3. The second kappa shape index (κ2) is 4.57. The number of nitrogens with two attached hydrogens (primary N) is 1. The molecule has 0 atom stereocenters. The van der Waals surface area contributed by atoms with Crippen LogP contribution in [0.15, 0.2) is 17.3 Å². The van der Waals surface area contributed by atoms with Crippen molar-refractivity contribution in [3.05, 3.63) is 28.4 Å². The maximum absolute atomic E-state index is 11.1. The summed E-state index contributed by atoms with van der Waals surface area (Å²) >= 11 is 0. The van der Waals surface area contributed by atoms with Crippen LogP contribution in [0.1, 0.15) is 19.4 Å². The highest BCUT2D eigenvalue weighted by atomic mass is 16.1. The lowest BCUT2D eigenvalue weighted by molar-refractivity contribution is 1.07. The smallest absolute Gasteiger partial charge is 0.275 e. The number of nitrogens with zero attached hydrogens (tertiary/aromatic N) is 1. The summed E-state index contributed by atoms with van der Waals surface area (Å²) in [6.45, 7) is 4.39. The van der Waals surface area contributed by atoms with Crippen LogP contribution in [0, 0.1) is 0 Å². The SMILES string of the molecule is CC.NCc1c[nH]c2c(=O)[nH]cnc12. The first-order chi connectivity index (χ1) is 6.83. The fourth-order valence-corrected chi connectivity index (χ4v) is 1.16. The molecule has 0 spiro atoms. The molecule has 0 fully saturated rings. The van der Waals surface area contributed by atoms with E-state index in [1.807, 2.05) is 13.8 Å². The number of nitrogens with one attached hydrogen (secondary N) is 2. The number of H-pyrrole nitrogens is 2. The van der Waals surface area contributed by atoms with Crippen LogP contribution in [0.2, 0.25) is 0 Å². The van der Waals surface area contributed by atoms with E-state index in [-0.39, 0.29) is 5.56 Å². The van der Waals surface area contributed by atoms with Crippen LogP contribution in [0.5, 0.6) is 0 Å². The highest BCUT2D eigenvalue weighted by molar-refractivity contribution is 5.77. The van der Waals surface area contributed by atoms with E-state index in [4.69, 9.17) is 5.73 Å². The summed E-state index contributed by atoms with van der Waals surface area (Å²) in [5.41, 5.74) is 7.27. The van der Waals surface area contributed by atoms with E-state index >= 15 is 0 Å². The van der Waals surface area contributed by atoms with Crippen molar-refractivity contribution in [3.8, 4) is 0 Å². The van der Waals surface area contributed by atoms with Gasteiger partial charge < -0.3 is 15.7 Å². The molecule has 2 heterocycles. The lowest BCUT2D eigenvalue weighted by Crippen LogP contribution is -2.06. The maximum atomic E-state index is 11.1. The Morgan fingerprint density at radius 1 is 1.43 bits per heavy atom. The Bertz CT molecular complexity index is 457. The van der Waals surface area contributed by atoms with Gasteiger partial charge in [0.25, 0.3) is 5.56 Å². The lowest BCUT2D eigenvalue weighted by atomic mass is 10.3. The van der Waals surface area contributed by atoms with Gasteiger partial charge in [0, 0.05) is 18.3 Å². The molecule has 0 aromatic carbocycles. The van der Waals surface area contributed by atoms with Gasteiger partial charge in [0.05, 0.1) is 11.8 Å². The highest BCUT2D eigenvalue weighted by Gasteiger charge is 2.04. The van der Waals surface area contributed by atoms with Gasteiger partial charge in [0.2, 0.25) is 0 Å². The second-order valence-corrected chi connectivity index (χ2v) is 2.47. The maximum Gasteiger partial charge on any atom is 0.275 e. The van der Waals surface area contributed by atoms with Crippen LogP contribution in [0.4, 0.5) is 0 Å². The molecule has 2 aromatic rings. The van der Waals surface area contributed by atoms with E-state index < -0.39 is 0 Å². The van der Waals surface area contributed by atoms with Crippen molar-refractivity contribution in [1.29, 1.82) is 0 Å². The predicted octanol–water partition coefficient (Wildman–Crippen LogP) is 0.736. The van der Waals surface area contributed by atoms with Gasteiger partial charge in [-0.25, -0.2) is 4.98 Å². The molecule has 0 amide bonds. The van der Waals surface area contributed by atoms with Gasteiger partial charge in [0.1, 0.15) is 5.52 Å². The third-order valence-electron chi connectivity index (χ3n) is 1.77. The number of aromatic nitrogens is 3. The fraction of sp³-hybridized carbons (Fsp3) is 0.333. The lowest BCUT2D eigenvalue weighted by Gasteiger charge is -1.89. The van der Waals surface area contributed by atoms with E-state index in [0.29, 0.717) is 17.6 Å². The van der Waals surface area contributed by atoms with Gasteiger partial charge in [-0.1, -0.05) is 13.8 Å². The number of hydrogen-bond donors (Lipinski definition) is 3. The van der Waals surface area contributed by atoms with E-state index in [0.717, 1.165) is 5.56 Å². The van der Waals surface area contributed by atoms with Crippen LogP contribution >= 0.6 is 0 Å². The third-order valence-corrected chi connectivity index (χ3v) is 1.77. The molecule has 0 unspecified atom stereocenters. The molecular formula is C9H14N4O. The molecule has 0 aliphatic carbocycles. The first-order valence-electron chi connectivity index (χ1n) is 4.56. The van der Waals surface area contributed by atoms with Crippen LogP contribution < -0.4 is 11.3 Å². The van der Waals surface area contributed by atoms with Crippen molar-refractivity contribution in [2.24, 2.45) is 5.73 Å². The molecule has 5 heteroatoms. The van der Waals surface area contributed by atoms with Gasteiger partial charge in [-0.3, -0.25) is 4.79 Å². The van der Waals surface area contributed by atoms with Crippen LogP contribution in [0.3, 0.4) is 0 Å². The van der Waals surface area contributed by atoms with E-state index in [1.54, 1.807) is 6.20 Å². The zero-order valence-corrected chi connectivity index (χ0v) is 8.29. The summed E-state index contributed by atoms with van der Waals surface area (Å²) in [6, 6.07) is 0. The molecule has 2 rings (SSSR count). The molecule has 4 N–H and O–H groups in total. The van der Waals surface area contributed by atoms with Gasteiger partial charge in [-0.05, 0) is 0 Å². The Labute approximate surface area is 81.4 Å². The van der Waals surface area contributed by atoms with Crippen LogP contribution in [-0.4, -0.2) is 15.0 Å². The number of fused-ring (bicyclic) bond motifs is 1. The zero-order chi connectivity index (χ0) is 10.6. The minimum Gasteiger partial charge on any atom is -0.355 e. The molecule has 14 heavy (non-hydrogen) atoms. The molecular weight excluding hydrogens is 180 g/mol. The fourth-order valence-electron chi connectivity index (χ4n) is 1.16. The van der Waals surface area contributed by atoms with Gasteiger partial charge >= 0.3 is 0 Å². The van der Waals surface area contributed by atoms with Crippen molar-refractivity contribution in [3.63, 3.8) is 0 Å². The normalized spacial score (nSPS) is 9.64. The molecule has 2 aromatic heterocycles. The molecule has 0 radical (unpaired) electrons. The van der Waals surface area contributed by atoms with Crippen molar-refractivity contribution in [1.82, 2.24) is 15.0 Å². The van der Waals surface area contributed by atoms with Crippen LogP contribution in [0.25, 0.3) is 11.0 Å². The molecule has 0 aliphatic heterocycles. The predicted molar refractivity (Wildman–Crippen MR) is 56.0 cm³/mol. The van der Waals surface area contributed by atoms with Gasteiger partial charge in [-0.15, -0.1) is 0 Å². The first-order valence-corrected chi connectivity index (χ1v) is 4.56. The summed E-state index contributed by atoms with van der Waals surface area (Å²) in [5.74, 6) is 0. The average molecular weight is 194 g/mol. The van der Waals surface area contributed by atoms with Crippen LogP contribution in [-0.2, 0) is 6.54 Å². The first kappa shape index (κ1) is 10.5. The molecule has 0 bridgehead atoms. The number of aromatic amines is 2. The third kappa shape index (κ3) is 1.67. The van der Waals surface area contributed by atoms with Gasteiger partial charge in [0.15, 0.2) is 0 Å². The zero-order valence-electron chi connectivity index (χ0n) is 8.29. The minimum atomic E-state index is -0.167. The summed E-state index contributed by atoms with van der Waals surface area (Å²) in [6.07, 6.45) is 3.07. The van der Waals surface area contributed by atoms with E-state index in [2.05, 4.69) is 15.0 Å². The molecule has 76 valence electrons. The average Bonchev–Trinajstić information content (AvgIpc) is 2.65. The Morgan fingerprint density at radius 3 is 2.79 bits per heavy atom. The largest absolute Gasteiger partial charge is 0.355 e. The van der Waals surface area contributed by atoms with Gasteiger partial charge in [-0.2, -0.15) is 0 Å². The standard InChI is InChI=1S/C7H8N4O.C2H6/c8-1-4-2-9-6-5(4)10-3-11-7(6)12;1-2/h2-3,9H,1,8H2,(H,10,11,12);1-2H3. The van der Waals surface area contributed by atoms with Crippen molar-refractivity contribution in [2.45, 2.75) is 20.4 Å². The molecule has 0 aliphatic rings. The Balaban J connectivity index is 0.000000461. The summed E-state index contributed by atoms with van der Waals surface area (Å²) in [5, 5.41) is 0. The second-order valence-electron chi connectivity index (χ2n) is 2.47. The molecule has 0 saturated heterocycles. The molecule has 0 saturated carbocycles. The summed E-state index contributed by atoms with van der Waals surface area (Å²) in [7, 11) is 0. The van der Waals surface area contributed by atoms with E-state index in [9.17, 15) is 4.79 Å². The highest BCUT2D eigenvalue weighted by Crippen LogP contribution is 2.09. The van der Waals surface area contributed by atoms with Crippen molar-refractivity contribution >= 4 is 11.0 Å². The van der Waals surface area contributed by atoms with E-state index in [1.165, 1.54) is 6.33 Å². The Kier molecular flexibility index (Phi) is 3.41. The van der Waals surface area contributed by atoms with Crippen molar-refractivity contribution in [2.75, 3.05) is 0 Å². The number of rotatable bonds is 1.